The summed E-state index contributed by atoms with van der Waals surface area (Å²) < 4.78 is 5.31. The van der Waals surface area contributed by atoms with E-state index in [4.69, 9.17) is 4.52 Å². The molecule has 3 heteroatoms. The third-order valence-corrected chi connectivity index (χ3v) is 2.86. The number of aromatic nitrogens is 1. The molecular weight excluding hydrogens is 190 g/mol. The summed E-state index contributed by atoms with van der Waals surface area (Å²) in [6.45, 7) is 1.56. The molecule has 3 nitrogen and oxygen atoms in total. The van der Waals surface area contributed by atoms with Crippen molar-refractivity contribution in [1.82, 2.24) is 5.16 Å². The molecule has 0 amide bonds. The number of carbonyl (C=O) groups is 1. The van der Waals surface area contributed by atoms with Gasteiger partial charge in [-0.2, -0.15) is 0 Å². The van der Waals surface area contributed by atoms with E-state index in [2.05, 4.69) is 5.16 Å². The van der Waals surface area contributed by atoms with Gasteiger partial charge in [0.1, 0.15) is 11.3 Å². The standard InChI is InChI=1S/C12H11NO2/c1-7(14)9-4-5-10-11(6-9)13-15-12(10)8-2-3-8/h4-6,8H,2-3H2,1H3. The van der Waals surface area contributed by atoms with Gasteiger partial charge in [-0.25, -0.2) is 0 Å². The number of ketones is 1. The second-order valence-corrected chi connectivity index (χ2v) is 4.11. The first-order chi connectivity index (χ1) is 7.25. The second-order valence-electron chi connectivity index (χ2n) is 4.11. The van der Waals surface area contributed by atoms with Crippen LogP contribution in [0, 0.1) is 0 Å². The van der Waals surface area contributed by atoms with E-state index in [0.29, 0.717) is 11.5 Å². The molecule has 1 aromatic carbocycles. The molecule has 1 fully saturated rings. The van der Waals surface area contributed by atoms with Gasteiger partial charge in [-0.3, -0.25) is 4.79 Å². The van der Waals surface area contributed by atoms with Gasteiger partial charge in [-0.1, -0.05) is 11.2 Å². The number of carbonyl (C=O) groups excluding carboxylic acids is 1. The molecule has 0 unspecified atom stereocenters. The maximum atomic E-state index is 11.2. The van der Waals surface area contributed by atoms with Gasteiger partial charge in [0.15, 0.2) is 5.78 Å². The Balaban J connectivity index is 2.17. The Morgan fingerprint density at radius 3 is 2.93 bits per heavy atom. The predicted octanol–water partition coefficient (Wildman–Crippen LogP) is 2.91. The first-order valence-corrected chi connectivity index (χ1v) is 5.16. The van der Waals surface area contributed by atoms with Crippen molar-refractivity contribution in [2.24, 2.45) is 0 Å². The van der Waals surface area contributed by atoms with E-state index in [1.165, 1.54) is 12.8 Å². The predicted molar refractivity (Wildman–Crippen MR) is 56.0 cm³/mol. The van der Waals surface area contributed by atoms with E-state index in [1.807, 2.05) is 12.1 Å². The fraction of sp³-hybridized carbons (Fsp3) is 0.333. The largest absolute Gasteiger partial charge is 0.360 e. The smallest absolute Gasteiger partial charge is 0.159 e. The number of benzene rings is 1. The fourth-order valence-corrected chi connectivity index (χ4v) is 1.82. The molecule has 2 aromatic rings. The van der Waals surface area contributed by atoms with E-state index < -0.39 is 0 Å². The lowest BCUT2D eigenvalue weighted by molar-refractivity contribution is 0.101. The Morgan fingerprint density at radius 2 is 2.27 bits per heavy atom. The minimum absolute atomic E-state index is 0.0628. The van der Waals surface area contributed by atoms with Crippen LogP contribution in [0.4, 0.5) is 0 Å². The molecule has 0 N–H and O–H groups in total. The van der Waals surface area contributed by atoms with Crippen molar-refractivity contribution in [3.05, 3.63) is 29.5 Å². The van der Waals surface area contributed by atoms with Crippen LogP contribution in [-0.2, 0) is 0 Å². The Labute approximate surface area is 87.1 Å². The van der Waals surface area contributed by atoms with Crippen molar-refractivity contribution in [3.8, 4) is 0 Å². The molecule has 15 heavy (non-hydrogen) atoms. The summed E-state index contributed by atoms with van der Waals surface area (Å²) >= 11 is 0. The summed E-state index contributed by atoms with van der Waals surface area (Å²) in [7, 11) is 0. The molecule has 0 saturated heterocycles. The van der Waals surface area contributed by atoms with Gasteiger partial charge in [0, 0.05) is 16.9 Å². The average molecular weight is 201 g/mol. The molecule has 1 saturated carbocycles. The molecule has 0 atom stereocenters. The molecular formula is C12H11NO2. The van der Waals surface area contributed by atoms with Crippen LogP contribution in [0.15, 0.2) is 22.7 Å². The molecule has 1 aliphatic rings. The number of hydrogen-bond acceptors (Lipinski definition) is 3. The monoisotopic (exact) mass is 201 g/mol. The van der Waals surface area contributed by atoms with Gasteiger partial charge in [0.2, 0.25) is 0 Å². The molecule has 0 aliphatic heterocycles. The lowest BCUT2D eigenvalue weighted by Crippen LogP contribution is -1.90. The van der Waals surface area contributed by atoms with Crippen molar-refractivity contribution in [3.63, 3.8) is 0 Å². The van der Waals surface area contributed by atoms with Crippen molar-refractivity contribution in [2.75, 3.05) is 0 Å². The zero-order valence-electron chi connectivity index (χ0n) is 8.49. The highest BCUT2D eigenvalue weighted by Crippen LogP contribution is 2.43. The SMILES string of the molecule is CC(=O)c1ccc2c(C3CC3)onc2c1. The fourth-order valence-electron chi connectivity index (χ4n) is 1.82. The van der Waals surface area contributed by atoms with Crippen LogP contribution in [0.3, 0.4) is 0 Å². The lowest BCUT2D eigenvalue weighted by atomic mass is 10.1. The van der Waals surface area contributed by atoms with Gasteiger partial charge >= 0.3 is 0 Å². The molecule has 1 aliphatic carbocycles. The lowest BCUT2D eigenvalue weighted by Gasteiger charge is -1.94. The van der Waals surface area contributed by atoms with Crippen LogP contribution in [0.2, 0.25) is 0 Å². The van der Waals surface area contributed by atoms with Crippen LogP contribution in [0.25, 0.3) is 10.9 Å². The molecule has 3 rings (SSSR count). The molecule has 76 valence electrons. The second kappa shape index (κ2) is 2.92. The van der Waals surface area contributed by atoms with Crippen LogP contribution < -0.4 is 0 Å². The summed E-state index contributed by atoms with van der Waals surface area (Å²) in [5.74, 6) is 1.60. The summed E-state index contributed by atoms with van der Waals surface area (Å²) in [4.78, 5) is 11.2. The molecule has 0 spiro atoms. The van der Waals surface area contributed by atoms with Crippen molar-refractivity contribution in [2.45, 2.75) is 25.7 Å². The van der Waals surface area contributed by atoms with Gasteiger partial charge in [0.25, 0.3) is 0 Å². The van der Waals surface area contributed by atoms with Crippen LogP contribution in [0.5, 0.6) is 0 Å². The Kier molecular flexibility index (Phi) is 1.69. The number of rotatable bonds is 2. The zero-order valence-corrected chi connectivity index (χ0v) is 8.49. The summed E-state index contributed by atoms with van der Waals surface area (Å²) in [5.41, 5.74) is 1.49. The van der Waals surface area contributed by atoms with Gasteiger partial charge in [-0.15, -0.1) is 0 Å². The van der Waals surface area contributed by atoms with Gasteiger partial charge in [0.05, 0.1) is 0 Å². The third kappa shape index (κ3) is 1.35. The highest BCUT2D eigenvalue weighted by Gasteiger charge is 2.29. The minimum atomic E-state index is 0.0628. The highest BCUT2D eigenvalue weighted by molar-refractivity contribution is 5.98. The summed E-state index contributed by atoms with van der Waals surface area (Å²) in [6, 6.07) is 5.58. The average Bonchev–Trinajstić information content (AvgIpc) is 2.98. The Bertz CT molecular complexity index is 538. The minimum Gasteiger partial charge on any atom is -0.360 e. The van der Waals surface area contributed by atoms with E-state index >= 15 is 0 Å². The van der Waals surface area contributed by atoms with Crippen LogP contribution in [0.1, 0.15) is 41.8 Å². The van der Waals surface area contributed by atoms with Crippen molar-refractivity contribution in [1.29, 1.82) is 0 Å². The first kappa shape index (κ1) is 8.65. The van der Waals surface area contributed by atoms with Gasteiger partial charge < -0.3 is 4.52 Å². The Hall–Kier alpha value is -1.64. The van der Waals surface area contributed by atoms with Gasteiger partial charge in [-0.05, 0) is 31.9 Å². The summed E-state index contributed by atoms with van der Waals surface area (Å²) in [5, 5.41) is 5.05. The molecule has 1 heterocycles. The van der Waals surface area contributed by atoms with Crippen LogP contribution in [-0.4, -0.2) is 10.9 Å². The number of fused-ring (bicyclic) bond motifs is 1. The quantitative estimate of drug-likeness (QED) is 0.701. The number of nitrogens with zero attached hydrogens (tertiary/aromatic N) is 1. The van der Waals surface area contributed by atoms with E-state index in [1.54, 1.807) is 13.0 Å². The van der Waals surface area contributed by atoms with Crippen molar-refractivity contribution >= 4 is 16.7 Å². The molecule has 0 bridgehead atoms. The molecule has 1 aromatic heterocycles. The maximum absolute atomic E-state index is 11.2. The van der Waals surface area contributed by atoms with Crippen molar-refractivity contribution < 1.29 is 9.32 Å². The topological polar surface area (TPSA) is 43.1 Å². The van der Waals surface area contributed by atoms with E-state index in [-0.39, 0.29) is 5.78 Å². The Morgan fingerprint density at radius 1 is 1.47 bits per heavy atom. The number of Topliss-reactive ketones (excluding diaryl/α,β-unsaturated/α-hetero) is 1. The normalized spacial score (nSPS) is 15.8. The third-order valence-electron chi connectivity index (χ3n) is 2.86. The highest BCUT2D eigenvalue weighted by atomic mass is 16.5. The molecule has 0 radical (unpaired) electrons. The maximum Gasteiger partial charge on any atom is 0.159 e. The number of hydrogen-bond donors (Lipinski definition) is 0. The van der Waals surface area contributed by atoms with E-state index in [9.17, 15) is 4.79 Å². The first-order valence-electron chi connectivity index (χ1n) is 5.16. The van der Waals surface area contributed by atoms with Crippen LogP contribution >= 0.6 is 0 Å². The van der Waals surface area contributed by atoms with E-state index in [0.717, 1.165) is 16.7 Å². The summed E-state index contributed by atoms with van der Waals surface area (Å²) in [6.07, 6.45) is 2.39. The zero-order chi connectivity index (χ0) is 10.4.